The molecule has 0 radical (unpaired) electrons. The summed E-state index contributed by atoms with van der Waals surface area (Å²) in [4.78, 5) is 37.5. The molecule has 3 aromatic rings. The summed E-state index contributed by atoms with van der Waals surface area (Å²) >= 11 is 0. The second kappa shape index (κ2) is 8.41. The molecule has 0 aliphatic heterocycles. The Hall–Kier alpha value is -4.35. The van der Waals surface area contributed by atoms with Crippen LogP contribution in [0.3, 0.4) is 0 Å². The van der Waals surface area contributed by atoms with Crippen molar-refractivity contribution in [1.29, 1.82) is 0 Å². The number of carbonyl (C=O) groups excluding carboxylic acids is 2. The van der Waals surface area contributed by atoms with Crippen LogP contribution in [-0.2, 0) is 6.18 Å². The number of alkyl halides is 3. The number of urea groups is 1. The lowest BCUT2D eigenvalue weighted by molar-refractivity contribution is -0.137. The Labute approximate surface area is 177 Å². The third kappa shape index (κ3) is 4.86. The number of nitrogens with two attached hydrogens (primary N) is 1. The number of aromatic amines is 1. The molecular weight excluding hydrogens is 436 g/mol. The van der Waals surface area contributed by atoms with E-state index < -0.39 is 41.2 Å². The summed E-state index contributed by atoms with van der Waals surface area (Å²) in [6, 6.07) is 6.20. The maximum Gasteiger partial charge on any atom is 0.416 e. The summed E-state index contributed by atoms with van der Waals surface area (Å²) in [6.07, 6.45) is -3.67. The Balaban J connectivity index is 1.78. The van der Waals surface area contributed by atoms with E-state index in [-0.39, 0.29) is 22.5 Å². The van der Waals surface area contributed by atoms with Crippen LogP contribution in [-0.4, -0.2) is 28.0 Å². The van der Waals surface area contributed by atoms with Crippen molar-refractivity contribution in [2.24, 2.45) is 5.73 Å². The summed E-state index contributed by atoms with van der Waals surface area (Å²) in [5.41, 5.74) is 3.83. The van der Waals surface area contributed by atoms with Gasteiger partial charge in [0.1, 0.15) is 11.5 Å². The molecule has 1 aromatic heterocycles. The minimum atomic E-state index is -4.79. The minimum absolute atomic E-state index is 0.0560. The van der Waals surface area contributed by atoms with E-state index in [1.165, 1.54) is 24.3 Å². The van der Waals surface area contributed by atoms with Crippen molar-refractivity contribution in [2.75, 3.05) is 10.6 Å². The monoisotopic (exact) mass is 450 g/mol. The van der Waals surface area contributed by atoms with Crippen LogP contribution in [0, 0.1) is 5.82 Å². The molecule has 32 heavy (non-hydrogen) atoms. The molecule has 0 saturated heterocycles. The molecule has 1 heterocycles. The van der Waals surface area contributed by atoms with Gasteiger partial charge in [-0.3, -0.25) is 4.79 Å². The van der Waals surface area contributed by atoms with Gasteiger partial charge in [0.2, 0.25) is 0 Å². The number of benzene rings is 2. The summed E-state index contributed by atoms with van der Waals surface area (Å²) in [7, 11) is 0. The quantitative estimate of drug-likeness (QED) is 0.371. The second-order valence-electron chi connectivity index (χ2n) is 6.50. The van der Waals surface area contributed by atoms with Crippen molar-refractivity contribution < 1.29 is 37.1 Å². The minimum Gasteiger partial charge on any atom is -0.478 e. The SMILES string of the molecule is NC(=O)c1[nH]cc(C(=O)O)c1-c1ccc(NC(=O)Nc2cc(F)cc(C(F)(F)F)c2)cc1. The first-order valence-corrected chi connectivity index (χ1v) is 8.76. The average Bonchev–Trinajstić information content (AvgIpc) is 3.13. The van der Waals surface area contributed by atoms with Gasteiger partial charge in [-0.15, -0.1) is 0 Å². The predicted molar refractivity (Wildman–Crippen MR) is 106 cm³/mol. The molecule has 0 aliphatic carbocycles. The van der Waals surface area contributed by atoms with Crippen molar-refractivity contribution >= 4 is 29.3 Å². The first-order chi connectivity index (χ1) is 15.0. The molecule has 6 N–H and O–H groups in total. The number of primary amides is 1. The number of carbonyl (C=O) groups is 3. The number of nitrogens with one attached hydrogen (secondary N) is 3. The van der Waals surface area contributed by atoms with Crippen molar-refractivity contribution in [1.82, 2.24) is 4.98 Å². The number of halogens is 4. The Bertz CT molecular complexity index is 1170. The Morgan fingerprint density at radius 1 is 0.969 bits per heavy atom. The molecule has 8 nitrogen and oxygen atoms in total. The zero-order valence-corrected chi connectivity index (χ0v) is 15.9. The summed E-state index contributed by atoms with van der Waals surface area (Å²) in [5.74, 6) is -3.34. The van der Waals surface area contributed by atoms with Crippen LogP contribution < -0.4 is 16.4 Å². The fourth-order valence-corrected chi connectivity index (χ4v) is 2.93. The fourth-order valence-electron chi connectivity index (χ4n) is 2.93. The molecule has 3 rings (SSSR count). The summed E-state index contributed by atoms with van der Waals surface area (Å²) in [6.45, 7) is 0. The van der Waals surface area contributed by atoms with E-state index in [1.807, 2.05) is 0 Å². The zero-order chi connectivity index (χ0) is 23.6. The number of carboxylic acids is 1. The van der Waals surface area contributed by atoms with Crippen LogP contribution in [0.4, 0.5) is 33.7 Å². The van der Waals surface area contributed by atoms with Gasteiger partial charge in [0.15, 0.2) is 0 Å². The lowest BCUT2D eigenvalue weighted by Crippen LogP contribution is -2.20. The van der Waals surface area contributed by atoms with E-state index in [1.54, 1.807) is 0 Å². The zero-order valence-electron chi connectivity index (χ0n) is 15.9. The maximum absolute atomic E-state index is 13.4. The molecule has 0 fully saturated rings. The number of hydrogen-bond acceptors (Lipinski definition) is 3. The number of carboxylic acid groups (broad SMARTS) is 1. The highest BCUT2D eigenvalue weighted by Gasteiger charge is 2.31. The molecule has 0 spiro atoms. The molecule has 0 atom stereocenters. The van der Waals surface area contributed by atoms with E-state index in [2.05, 4.69) is 15.6 Å². The van der Waals surface area contributed by atoms with E-state index in [0.717, 1.165) is 12.3 Å². The molecule has 166 valence electrons. The molecule has 12 heteroatoms. The van der Waals surface area contributed by atoms with E-state index in [4.69, 9.17) is 5.73 Å². The van der Waals surface area contributed by atoms with Gasteiger partial charge >= 0.3 is 18.2 Å². The van der Waals surface area contributed by atoms with E-state index in [9.17, 15) is 37.1 Å². The van der Waals surface area contributed by atoms with Crippen LogP contribution in [0.5, 0.6) is 0 Å². The van der Waals surface area contributed by atoms with Crippen molar-refractivity contribution in [2.45, 2.75) is 6.18 Å². The lowest BCUT2D eigenvalue weighted by atomic mass is 10.0. The molecule has 2 aromatic carbocycles. The third-order valence-corrected chi connectivity index (χ3v) is 4.27. The van der Waals surface area contributed by atoms with Crippen molar-refractivity contribution in [3.63, 3.8) is 0 Å². The van der Waals surface area contributed by atoms with Gasteiger partial charge in [-0.05, 0) is 35.9 Å². The number of hydrogen-bond donors (Lipinski definition) is 5. The topological polar surface area (TPSA) is 137 Å². The van der Waals surface area contributed by atoms with Crippen LogP contribution in [0.1, 0.15) is 26.4 Å². The standard InChI is InChI=1S/C20H14F4N4O4/c21-11-5-10(20(22,23)24)6-13(7-11)28-19(32)27-12-3-1-9(2-4-12)15-14(18(30)31)8-26-16(15)17(25)29/h1-8,26H,(H2,25,29)(H,30,31)(H2,27,28,32). The van der Waals surface area contributed by atoms with Gasteiger partial charge in [-0.2, -0.15) is 13.2 Å². The lowest BCUT2D eigenvalue weighted by Gasteiger charge is -2.12. The normalized spacial score (nSPS) is 11.1. The molecule has 0 saturated carbocycles. The van der Waals surface area contributed by atoms with Crippen LogP contribution in [0.2, 0.25) is 0 Å². The highest BCUT2D eigenvalue weighted by Crippen LogP contribution is 2.32. The Morgan fingerprint density at radius 3 is 2.16 bits per heavy atom. The largest absolute Gasteiger partial charge is 0.478 e. The second-order valence-corrected chi connectivity index (χ2v) is 6.50. The molecular formula is C20H14F4N4O4. The first-order valence-electron chi connectivity index (χ1n) is 8.76. The van der Waals surface area contributed by atoms with Gasteiger partial charge < -0.3 is 26.5 Å². The number of aromatic nitrogens is 1. The first kappa shape index (κ1) is 22.3. The number of aromatic carboxylic acids is 1. The number of rotatable bonds is 5. The molecule has 0 bridgehead atoms. The number of H-pyrrole nitrogens is 1. The van der Waals surface area contributed by atoms with Crippen LogP contribution in [0.25, 0.3) is 11.1 Å². The average molecular weight is 450 g/mol. The van der Waals surface area contributed by atoms with Gasteiger partial charge in [-0.1, -0.05) is 12.1 Å². The van der Waals surface area contributed by atoms with Gasteiger partial charge in [-0.25, -0.2) is 14.0 Å². The third-order valence-electron chi connectivity index (χ3n) is 4.27. The van der Waals surface area contributed by atoms with Crippen molar-refractivity contribution in [3.05, 3.63) is 71.3 Å². The number of amides is 3. The molecule has 0 unspecified atom stereocenters. The summed E-state index contributed by atoms with van der Waals surface area (Å²) in [5, 5.41) is 13.7. The predicted octanol–water partition coefficient (Wildman–Crippen LogP) is 4.28. The Kier molecular flexibility index (Phi) is 5.87. The van der Waals surface area contributed by atoms with E-state index >= 15 is 0 Å². The Morgan fingerprint density at radius 2 is 1.59 bits per heavy atom. The van der Waals surface area contributed by atoms with Crippen LogP contribution in [0.15, 0.2) is 48.7 Å². The number of anilines is 2. The molecule has 0 aliphatic rings. The maximum atomic E-state index is 13.4. The fraction of sp³-hybridized carbons (Fsp3) is 0.0500. The summed E-state index contributed by atoms with van der Waals surface area (Å²) < 4.78 is 51.8. The van der Waals surface area contributed by atoms with Crippen molar-refractivity contribution in [3.8, 4) is 11.1 Å². The van der Waals surface area contributed by atoms with Crippen LogP contribution >= 0.6 is 0 Å². The van der Waals surface area contributed by atoms with Gasteiger partial charge in [0.25, 0.3) is 5.91 Å². The van der Waals surface area contributed by atoms with E-state index in [0.29, 0.717) is 17.7 Å². The molecule has 3 amide bonds. The van der Waals surface area contributed by atoms with Gasteiger partial charge in [0.05, 0.1) is 11.1 Å². The van der Waals surface area contributed by atoms with Gasteiger partial charge in [0, 0.05) is 23.1 Å². The smallest absolute Gasteiger partial charge is 0.416 e. The highest BCUT2D eigenvalue weighted by atomic mass is 19.4. The highest BCUT2D eigenvalue weighted by molar-refractivity contribution is 6.06.